The Kier molecular flexibility index (Phi) is 3.21. The molecule has 0 aliphatic heterocycles. The molecule has 0 saturated carbocycles. The van der Waals surface area contributed by atoms with Gasteiger partial charge in [-0.3, -0.25) is 5.09 Å². The standard InChI is InChI=1S/C3H4F6NPS/c1-10-11(12,2(4,5)6)3(7,8)9/h1H3,(H,10,12). The minimum atomic E-state index is -5.48. The van der Waals surface area contributed by atoms with Gasteiger partial charge in [-0.2, -0.15) is 26.3 Å². The predicted molar refractivity (Wildman–Crippen MR) is 35.5 cm³/mol. The molecule has 0 aliphatic carbocycles. The maximum Gasteiger partial charge on any atom is 0.435 e. The summed E-state index contributed by atoms with van der Waals surface area (Å²) >= 11 is 3.53. The van der Waals surface area contributed by atoms with Gasteiger partial charge in [0.2, 0.25) is 6.19 Å². The Morgan fingerprint density at radius 2 is 1.25 bits per heavy atom. The molecule has 12 heavy (non-hydrogen) atoms. The van der Waals surface area contributed by atoms with E-state index in [1.807, 2.05) is 0 Å². The van der Waals surface area contributed by atoms with Gasteiger partial charge in [0.15, 0.2) is 0 Å². The van der Waals surface area contributed by atoms with Gasteiger partial charge in [-0.15, -0.1) is 0 Å². The fraction of sp³-hybridized carbons (Fsp3) is 1.00. The van der Waals surface area contributed by atoms with Crippen molar-refractivity contribution in [1.29, 1.82) is 0 Å². The Morgan fingerprint density at radius 1 is 1.00 bits per heavy atom. The molecule has 1 nitrogen and oxygen atoms in total. The third-order valence-corrected chi connectivity index (χ3v) is 4.88. The monoisotopic (exact) mass is 231 g/mol. The van der Waals surface area contributed by atoms with Gasteiger partial charge < -0.3 is 0 Å². The second-order valence-corrected chi connectivity index (χ2v) is 6.09. The Bertz CT molecular complexity index is 188. The highest BCUT2D eigenvalue weighted by atomic mass is 32.4. The minimum Gasteiger partial charge on any atom is -0.278 e. The van der Waals surface area contributed by atoms with Crippen molar-refractivity contribution in [2.45, 2.75) is 11.8 Å². The molecule has 0 spiro atoms. The number of hydrogen-bond donors (Lipinski definition) is 1. The first-order chi connectivity index (χ1) is 5.06. The number of alkyl halides is 6. The molecule has 0 heterocycles. The maximum atomic E-state index is 11.8. The van der Waals surface area contributed by atoms with E-state index in [1.165, 1.54) is 0 Å². The van der Waals surface area contributed by atoms with Crippen molar-refractivity contribution in [3.8, 4) is 0 Å². The summed E-state index contributed by atoms with van der Waals surface area (Å²) in [6.07, 6.45) is -5.48. The average molecular weight is 231 g/mol. The second kappa shape index (κ2) is 3.16. The molecular weight excluding hydrogens is 227 g/mol. The summed E-state index contributed by atoms with van der Waals surface area (Å²) in [4.78, 5) is 0. The van der Waals surface area contributed by atoms with Gasteiger partial charge >= 0.3 is 11.8 Å². The Balaban J connectivity index is 5.11. The van der Waals surface area contributed by atoms with Crippen molar-refractivity contribution < 1.29 is 26.3 Å². The molecule has 0 radical (unpaired) electrons. The first kappa shape index (κ1) is 12.2. The van der Waals surface area contributed by atoms with Crippen molar-refractivity contribution in [2.75, 3.05) is 7.05 Å². The molecule has 0 aromatic carbocycles. The molecule has 0 bridgehead atoms. The molecule has 0 fully saturated rings. The van der Waals surface area contributed by atoms with Crippen molar-refractivity contribution in [3.63, 3.8) is 0 Å². The van der Waals surface area contributed by atoms with Crippen molar-refractivity contribution >= 4 is 18.0 Å². The number of halogens is 6. The highest BCUT2D eigenvalue weighted by Gasteiger charge is 2.62. The summed E-state index contributed by atoms with van der Waals surface area (Å²) < 4.78 is 70.6. The summed E-state index contributed by atoms with van der Waals surface area (Å²) in [5.41, 5.74) is 0. The third-order valence-electron chi connectivity index (χ3n) is 1.03. The van der Waals surface area contributed by atoms with Crippen molar-refractivity contribution in [3.05, 3.63) is 0 Å². The Labute approximate surface area is 69.2 Å². The molecule has 0 unspecified atom stereocenters. The minimum absolute atomic E-state index is 0.557. The van der Waals surface area contributed by atoms with Crippen LogP contribution in [0.2, 0.25) is 0 Å². The first-order valence-electron chi connectivity index (χ1n) is 2.49. The Morgan fingerprint density at radius 3 is 1.25 bits per heavy atom. The molecule has 9 heteroatoms. The summed E-state index contributed by atoms with van der Waals surface area (Å²) in [5, 5.41) is 1.13. The molecule has 0 rings (SSSR count). The lowest BCUT2D eigenvalue weighted by atomic mass is 11.5. The molecule has 0 aliphatic rings. The van der Waals surface area contributed by atoms with Gasteiger partial charge in [-0.1, -0.05) is 11.8 Å². The maximum absolute atomic E-state index is 11.8. The molecule has 1 N–H and O–H groups in total. The lowest BCUT2D eigenvalue weighted by Gasteiger charge is -2.25. The molecule has 74 valence electrons. The van der Waals surface area contributed by atoms with Gasteiger partial charge in [0.1, 0.15) is 0 Å². The van der Waals surface area contributed by atoms with Gasteiger partial charge in [-0.25, -0.2) is 0 Å². The normalized spacial score (nSPS) is 14.9. The van der Waals surface area contributed by atoms with Crippen molar-refractivity contribution in [1.82, 2.24) is 5.09 Å². The second-order valence-electron chi connectivity index (χ2n) is 1.77. The highest BCUT2D eigenvalue weighted by molar-refractivity contribution is 8.14. The van der Waals surface area contributed by atoms with Gasteiger partial charge in [0, 0.05) is 0 Å². The Hall–Kier alpha value is 0.190. The van der Waals surface area contributed by atoms with Crippen LogP contribution in [-0.2, 0) is 11.8 Å². The largest absolute Gasteiger partial charge is 0.435 e. The van der Waals surface area contributed by atoms with Gasteiger partial charge in [0.25, 0.3) is 0 Å². The molecular formula is C3H4F6NPS. The van der Waals surface area contributed by atoms with E-state index in [2.05, 4.69) is 11.8 Å². The summed E-state index contributed by atoms with van der Waals surface area (Å²) in [6, 6.07) is 0. The van der Waals surface area contributed by atoms with E-state index in [0.717, 1.165) is 5.09 Å². The van der Waals surface area contributed by atoms with E-state index in [1.54, 1.807) is 0 Å². The molecule has 0 saturated heterocycles. The van der Waals surface area contributed by atoms with E-state index in [-0.39, 0.29) is 0 Å². The summed E-state index contributed by atoms with van der Waals surface area (Å²) in [6.45, 7) is 0. The van der Waals surface area contributed by atoms with Crippen LogP contribution < -0.4 is 5.09 Å². The van der Waals surface area contributed by atoms with Crippen LogP contribution in [0.4, 0.5) is 26.3 Å². The zero-order valence-electron chi connectivity index (χ0n) is 5.62. The smallest absolute Gasteiger partial charge is 0.278 e. The van der Waals surface area contributed by atoms with Gasteiger partial charge in [0.05, 0.1) is 0 Å². The predicted octanol–water partition coefficient (Wildman–Crippen LogP) is 2.64. The molecule has 0 amide bonds. The van der Waals surface area contributed by atoms with E-state index in [9.17, 15) is 26.3 Å². The van der Waals surface area contributed by atoms with Crippen LogP contribution in [0.1, 0.15) is 0 Å². The lowest BCUT2D eigenvalue weighted by Crippen LogP contribution is -2.29. The molecule has 0 aromatic heterocycles. The summed E-state index contributed by atoms with van der Waals surface area (Å²) in [7, 11) is 0.557. The van der Waals surface area contributed by atoms with Gasteiger partial charge in [-0.05, 0) is 7.05 Å². The van der Waals surface area contributed by atoms with E-state index < -0.39 is 18.0 Å². The molecule has 0 atom stereocenters. The SMILES string of the molecule is CNP(=S)(C(F)(F)F)C(F)(F)F. The highest BCUT2D eigenvalue weighted by Crippen LogP contribution is 2.68. The number of nitrogens with one attached hydrogen (secondary N) is 1. The fourth-order valence-electron chi connectivity index (χ4n) is 0.397. The third kappa shape index (κ3) is 1.92. The topological polar surface area (TPSA) is 12.0 Å². The zero-order chi connectivity index (χ0) is 10.2. The number of hydrogen-bond acceptors (Lipinski definition) is 1. The zero-order valence-corrected chi connectivity index (χ0v) is 7.33. The summed E-state index contributed by atoms with van der Waals surface area (Å²) in [5.74, 6) is -10.8. The van der Waals surface area contributed by atoms with Crippen LogP contribution in [0.15, 0.2) is 0 Å². The van der Waals surface area contributed by atoms with Crippen molar-refractivity contribution in [2.24, 2.45) is 0 Å². The lowest BCUT2D eigenvalue weighted by molar-refractivity contribution is -0.0859. The quantitative estimate of drug-likeness (QED) is 0.550. The first-order valence-corrected chi connectivity index (χ1v) is 5.29. The van der Waals surface area contributed by atoms with Crippen LogP contribution in [0.25, 0.3) is 0 Å². The van der Waals surface area contributed by atoms with E-state index >= 15 is 0 Å². The van der Waals surface area contributed by atoms with Crippen LogP contribution in [-0.4, -0.2) is 18.9 Å². The number of rotatable bonds is 1. The van der Waals surface area contributed by atoms with Crippen LogP contribution >= 0.6 is 6.19 Å². The molecule has 0 aromatic rings. The fourth-order valence-corrected chi connectivity index (χ4v) is 1.19. The van der Waals surface area contributed by atoms with E-state index in [4.69, 9.17) is 0 Å². The van der Waals surface area contributed by atoms with Crippen LogP contribution in [0.3, 0.4) is 0 Å². The average Bonchev–Trinajstić information content (AvgIpc) is 1.81. The van der Waals surface area contributed by atoms with E-state index in [0.29, 0.717) is 7.05 Å². The van der Waals surface area contributed by atoms with Crippen LogP contribution in [0.5, 0.6) is 0 Å². The van der Waals surface area contributed by atoms with Crippen LogP contribution in [0, 0.1) is 0 Å².